The number of nitrogens with zero attached hydrogens (tertiary/aromatic N) is 2. The number of hydrogen-bond acceptors (Lipinski definition) is 4. The Bertz CT molecular complexity index is 436. The standard InChI is InChI=1S/C16H24N2O2/c1-13-4-6-15(7-5-13)16(19)20-14(2)12-18-10-8-17(3)9-11-18/h4-7,14H,8-12H2,1-3H3/t14-/m0/s1. The summed E-state index contributed by atoms with van der Waals surface area (Å²) in [7, 11) is 2.14. The highest BCUT2D eigenvalue weighted by molar-refractivity contribution is 5.89. The average Bonchev–Trinajstić information content (AvgIpc) is 2.42. The van der Waals surface area contributed by atoms with E-state index < -0.39 is 0 Å². The molecule has 0 bridgehead atoms. The number of likely N-dealkylation sites (N-methyl/N-ethyl adjacent to an activating group) is 1. The zero-order valence-corrected chi connectivity index (χ0v) is 12.6. The number of carbonyl (C=O) groups is 1. The highest BCUT2D eigenvalue weighted by Crippen LogP contribution is 2.08. The molecular formula is C16H24N2O2. The monoisotopic (exact) mass is 276 g/mol. The summed E-state index contributed by atoms with van der Waals surface area (Å²) in [6, 6.07) is 7.50. The summed E-state index contributed by atoms with van der Waals surface area (Å²) in [4.78, 5) is 16.7. The van der Waals surface area contributed by atoms with E-state index in [4.69, 9.17) is 4.74 Å². The second-order valence-corrected chi connectivity index (χ2v) is 5.69. The first-order valence-electron chi connectivity index (χ1n) is 7.23. The molecule has 0 radical (unpaired) electrons. The van der Waals surface area contributed by atoms with E-state index in [0.29, 0.717) is 5.56 Å². The molecule has 1 aromatic rings. The van der Waals surface area contributed by atoms with Crippen LogP contribution in [0.15, 0.2) is 24.3 Å². The van der Waals surface area contributed by atoms with Crippen LogP contribution in [0.5, 0.6) is 0 Å². The van der Waals surface area contributed by atoms with Crippen LogP contribution in [0.4, 0.5) is 0 Å². The minimum absolute atomic E-state index is 0.0767. The Morgan fingerprint density at radius 1 is 1.20 bits per heavy atom. The molecule has 0 aromatic heterocycles. The number of benzene rings is 1. The molecule has 0 N–H and O–H groups in total. The Balaban J connectivity index is 1.80. The van der Waals surface area contributed by atoms with Crippen LogP contribution in [-0.4, -0.2) is 61.6 Å². The van der Waals surface area contributed by atoms with Crippen LogP contribution >= 0.6 is 0 Å². The van der Waals surface area contributed by atoms with Gasteiger partial charge >= 0.3 is 5.97 Å². The zero-order valence-electron chi connectivity index (χ0n) is 12.6. The summed E-state index contributed by atoms with van der Waals surface area (Å²) in [6.07, 6.45) is -0.0767. The topological polar surface area (TPSA) is 32.8 Å². The van der Waals surface area contributed by atoms with Gasteiger partial charge < -0.3 is 9.64 Å². The fraction of sp³-hybridized carbons (Fsp3) is 0.562. The fourth-order valence-electron chi connectivity index (χ4n) is 2.37. The van der Waals surface area contributed by atoms with E-state index in [9.17, 15) is 4.79 Å². The number of hydrogen-bond donors (Lipinski definition) is 0. The van der Waals surface area contributed by atoms with Gasteiger partial charge in [-0.2, -0.15) is 0 Å². The van der Waals surface area contributed by atoms with Crippen molar-refractivity contribution in [3.05, 3.63) is 35.4 Å². The third kappa shape index (κ3) is 4.32. The molecule has 0 aliphatic carbocycles. The molecule has 4 heteroatoms. The number of piperazine rings is 1. The van der Waals surface area contributed by atoms with Crippen molar-refractivity contribution in [3.8, 4) is 0 Å². The molecule has 4 nitrogen and oxygen atoms in total. The van der Waals surface area contributed by atoms with E-state index in [1.54, 1.807) is 0 Å². The van der Waals surface area contributed by atoms with Gasteiger partial charge in [0, 0.05) is 32.7 Å². The third-order valence-corrected chi connectivity index (χ3v) is 3.71. The zero-order chi connectivity index (χ0) is 14.5. The Morgan fingerprint density at radius 3 is 2.40 bits per heavy atom. The first-order valence-corrected chi connectivity index (χ1v) is 7.23. The normalized spacial score (nSPS) is 18.8. The fourth-order valence-corrected chi connectivity index (χ4v) is 2.37. The Labute approximate surface area is 121 Å². The first kappa shape index (κ1) is 15.0. The molecule has 1 aliphatic rings. The van der Waals surface area contributed by atoms with Crippen molar-refractivity contribution in [2.75, 3.05) is 39.8 Å². The summed E-state index contributed by atoms with van der Waals surface area (Å²) < 4.78 is 5.51. The van der Waals surface area contributed by atoms with Gasteiger partial charge in [-0.15, -0.1) is 0 Å². The molecule has 110 valence electrons. The predicted molar refractivity (Wildman–Crippen MR) is 80.0 cm³/mol. The van der Waals surface area contributed by atoms with Crippen LogP contribution in [0.2, 0.25) is 0 Å². The van der Waals surface area contributed by atoms with Crippen LogP contribution in [-0.2, 0) is 4.74 Å². The summed E-state index contributed by atoms with van der Waals surface area (Å²) in [5, 5.41) is 0. The van der Waals surface area contributed by atoms with Crippen molar-refractivity contribution in [1.29, 1.82) is 0 Å². The SMILES string of the molecule is Cc1ccc(C(=O)O[C@@H](C)CN2CCN(C)CC2)cc1. The molecule has 0 unspecified atom stereocenters. The van der Waals surface area contributed by atoms with Crippen molar-refractivity contribution in [2.24, 2.45) is 0 Å². The number of aryl methyl sites for hydroxylation is 1. The van der Waals surface area contributed by atoms with Gasteiger partial charge in [0.1, 0.15) is 6.10 Å². The Morgan fingerprint density at radius 2 is 1.80 bits per heavy atom. The lowest BCUT2D eigenvalue weighted by molar-refractivity contribution is 0.0207. The molecular weight excluding hydrogens is 252 g/mol. The van der Waals surface area contributed by atoms with Gasteiger partial charge in [-0.05, 0) is 33.0 Å². The number of ether oxygens (including phenoxy) is 1. The van der Waals surface area contributed by atoms with E-state index in [1.165, 1.54) is 0 Å². The van der Waals surface area contributed by atoms with Gasteiger partial charge in [0.25, 0.3) is 0 Å². The van der Waals surface area contributed by atoms with Crippen molar-refractivity contribution in [2.45, 2.75) is 20.0 Å². The van der Waals surface area contributed by atoms with E-state index in [2.05, 4.69) is 16.8 Å². The Kier molecular flexibility index (Phi) is 5.15. The molecule has 2 rings (SSSR count). The van der Waals surface area contributed by atoms with Gasteiger partial charge in [-0.25, -0.2) is 4.79 Å². The van der Waals surface area contributed by atoms with Crippen LogP contribution in [0.1, 0.15) is 22.8 Å². The van der Waals surface area contributed by atoms with Crippen LogP contribution in [0.25, 0.3) is 0 Å². The molecule has 1 atom stereocenters. The molecule has 0 spiro atoms. The van der Waals surface area contributed by atoms with E-state index in [-0.39, 0.29) is 12.1 Å². The van der Waals surface area contributed by atoms with Crippen LogP contribution in [0, 0.1) is 6.92 Å². The van der Waals surface area contributed by atoms with Crippen LogP contribution in [0.3, 0.4) is 0 Å². The van der Waals surface area contributed by atoms with Gasteiger partial charge in [0.15, 0.2) is 0 Å². The predicted octanol–water partition coefficient (Wildman–Crippen LogP) is 1.79. The highest BCUT2D eigenvalue weighted by atomic mass is 16.5. The molecule has 1 aliphatic heterocycles. The molecule has 1 fully saturated rings. The second-order valence-electron chi connectivity index (χ2n) is 5.69. The first-order chi connectivity index (χ1) is 9.54. The van der Waals surface area contributed by atoms with E-state index in [0.717, 1.165) is 38.3 Å². The van der Waals surface area contributed by atoms with Gasteiger partial charge in [0.2, 0.25) is 0 Å². The minimum atomic E-state index is -0.230. The summed E-state index contributed by atoms with van der Waals surface area (Å²) in [5.41, 5.74) is 1.77. The van der Waals surface area contributed by atoms with Crippen molar-refractivity contribution in [1.82, 2.24) is 9.80 Å². The smallest absolute Gasteiger partial charge is 0.338 e. The van der Waals surface area contributed by atoms with Crippen LogP contribution < -0.4 is 0 Å². The molecule has 0 amide bonds. The second kappa shape index (κ2) is 6.86. The van der Waals surface area contributed by atoms with E-state index in [1.807, 2.05) is 38.1 Å². The summed E-state index contributed by atoms with van der Waals surface area (Å²) >= 11 is 0. The van der Waals surface area contributed by atoms with Crippen molar-refractivity contribution < 1.29 is 9.53 Å². The maximum absolute atomic E-state index is 12.0. The summed E-state index contributed by atoms with van der Waals surface area (Å²) in [5.74, 6) is -0.230. The number of rotatable bonds is 4. The lowest BCUT2D eigenvalue weighted by Crippen LogP contribution is -2.47. The number of carbonyl (C=O) groups excluding carboxylic acids is 1. The number of esters is 1. The third-order valence-electron chi connectivity index (χ3n) is 3.71. The molecule has 1 heterocycles. The molecule has 1 saturated heterocycles. The molecule has 1 aromatic carbocycles. The van der Waals surface area contributed by atoms with E-state index >= 15 is 0 Å². The highest BCUT2D eigenvalue weighted by Gasteiger charge is 2.18. The largest absolute Gasteiger partial charge is 0.458 e. The van der Waals surface area contributed by atoms with Crippen molar-refractivity contribution in [3.63, 3.8) is 0 Å². The lowest BCUT2D eigenvalue weighted by Gasteiger charge is -2.33. The molecule has 0 saturated carbocycles. The average molecular weight is 276 g/mol. The van der Waals surface area contributed by atoms with Gasteiger partial charge in [-0.1, -0.05) is 17.7 Å². The Hall–Kier alpha value is -1.39. The molecule has 20 heavy (non-hydrogen) atoms. The van der Waals surface area contributed by atoms with Crippen molar-refractivity contribution >= 4 is 5.97 Å². The minimum Gasteiger partial charge on any atom is -0.458 e. The maximum atomic E-state index is 12.0. The summed E-state index contributed by atoms with van der Waals surface area (Å²) in [6.45, 7) is 9.03. The van der Waals surface area contributed by atoms with Gasteiger partial charge in [0.05, 0.1) is 5.56 Å². The van der Waals surface area contributed by atoms with Gasteiger partial charge in [-0.3, -0.25) is 4.90 Å². The lowest BCUT2D eigenvalue weighted by atomic mass is 10.1. The maximum Gasteiger partial charge on any atom is 0.338 e. The quantitative estimate of drug-likeness (QED) is 0.785.